The third-order valence-electron chi connectivity index (χ3n) is 3.31. The second-order valence-corrected chi connectivity index (χ2v) is 5.77. The molecule has 3 N–H and O–H groups in total. The van der Waals surface area contributed by atoms with Gasteiger partial charge in [-0.05, 0) is 31.0 Å². The van der Waals surface area contributed by atoms with Crippen LogP contribution in [0.15, 0.2) is 29.3 Å². The van der Waals surface area contributed by atoms with E-state index in [1.807, 2.05) is 13.8 Å². The van der Waals surface area contributed by atoms with E-state index >= 15 is 0 Å². The van der Waals surface area contributed by atoms with Gasteiger partial charge < -0.3 is 20.7 Å². The van der Waals surface area contributed by atoms with Gasteiger partial charge >= 0.3 is 6.18 Å². The first-order valence-corrected chi connectivity index (χ1v) is 8.91. The first-order chi connectivity index (χ1) is 12.8. The zero-order chi connectivity index (χ0) is 20.1. The summed E-state index contributed by atoms with van der Waals surface area (Å²) in [4.78, 5) is 16.0. The Kier molecular flexibility index (Phi) is 10.1. The van der Waals surface area contributed by atoms with E-state index < -0.39 is 12.8 Å². The molecule has 1 aromatic carbocycles. The van der Waals surface area contributed by atoms with Crippen LogP contribution in [0.2, 0.25) is 0 Å². The second kappa shape index (κ2) is 12.0. The highest BCUT2D eigenvalue weighted by atomic mass is 19.4. The molecule has 0 aliphatic rings. The molecule has 9 heteroatoms. The monoisotopic (exact) mass is 388 g/mol. The largest absolute Gasteiger partial charge is 0.484 e. The summed E-state index contributed by atoms with van der Waals surface area (Å²) >= 11 is 0. The van der Waals surface area contributed by atoms with Crippen LogP contribution in [0.3, 0.4) is 0 Å². The molecule has 6 nitrogen and oxygen atoms in total. The van der Waals surface area contributed by atoms with Crippen molar-refractivity contribution < 1.29 is 22.7 Å². The average Bonchev–Trinajstić information content (AvgIpc) is 2.63. The number of alkyl halides is 3. The Balaban J connectivity index is 2.48. The summed E-state index contributed by atoms with van der Waals surface area (Å²) in [6, 6.07) is 6.29. The van der Waals surface area contributed by atoms with Gasteiger partial charge in [-0.25, -0.2) is 4.99 Å². The molecular formula is C18H27F3N4O2. The van der Waals surface area contributed by atoms with Crippen LogP contribution >= 0.6 is 0 Å². The molecule has 152 valence electrons. The molecule has 0 aromatic heterocycles. The summed E-state index contributed by atoms with van der Waals surface area (Å²) in [5, 5.41) is 8.95. The maximum Gasteiger partial charge on any atom is 0.422 e. The fourth-order valence-electron chi connectivity index (χ4n) is 2.02. The van der Waals surface area contributed by atoms with Gasteiger partial charge in [-0.15, -0.1) is 0 Å². The molecule has 0 aliphatic heterocycles. The zero-order valence-electron chi connectivity index (χ0n) is 15.7. The van der Waals surface area contributed by atoms with Gasteiger partial charge in [-0.3, -0.25) is 4.79 Å². The van der Waals surface area contributed by atoms with E-state index in [4.69, 9.17) is 0 Å². The normalized spacial score (nSPS) is 11.8. The third-order valence-corrected chi connectivity index (χ3v) is 3.31. The number of carbonyl (C=O) groups excluding carboxylic acids is 1. The number of nitrogens with one attached hydrogen (secondary N) is 3. The van der Waals surface area contributed by atoms with Gasteiger partial charge in [0, 0.05) is 26.1 Å². The number of amides is 1. The number of nitrogens with zero attached hydrogens (tertiary/aromatic N) is 1. The van der Waals surface area contributed by atoms with Crippen LogP contribution in [-0.4, -0.2) is 44.3 Å². The predicted octanol–water partition coefficient (Wildman–Crippen LogP) is 2.60. The van der Waals surface area contributed by atoms with Crippen molar-refractivity contribution in [2.24, 2.45) is 4.99 Å². The number of hydrogen-bond donors (Lipinski definition) is 3. The Bertz CT molecular complexity index is 589. The molecule has 1 amide bonds. The highest BCUT2D eigenvalue weighted by molar-refractivity contribution is 5.81. The van der Waals surface area contributed by atoms with Crippen LogP contribution < -0.4 is 20.7 Å². The minimum atomic E-state index is -4.36. The number of ether oxygens (including phenoxy) is 1. The van der Waals surface area contributed by atoms with E-state index in [0.29, 0.717) is 38.6 Å². The highest BCUT2D eigenvalue weighted by Crippen LogP contribution is 2.19. The highest BCUT2D eigenvalue weighted by Gasteiger charge is 2.28. The Morgan fingerprint density at radius 2 is 1.78 bits per heavy atom. The molecular weight excluding hydrogens is 361 g/mol. The quantitative estimate of drug-likeness (QED) is 0.426. The van der Waals surface area contributed by atoms with Gasteiger partial charge in [-0.1, -0.05) is 19.1 Å². The van der Waals surface area contributed by atoms with E-state index in [1.165, 1.54) is 12.1 Å². The Morgan fingerprint density at radius 1 is 1.07 bits per heavy atom. The SMILES string of the molecule is CCCNC(=O)CCNC(=NCc1ccc(OCC(F)(F)F)cc1)NCC. The number of benzene rings is 1. The van der Waals surface area contributed by atoms with E-state index in [1.54, 1.807) is 12.1 Å². The summed E-state index contributed by atoms with van der Waals surface area (Å²) in [6.45, 7) is 4.72. The van der Waals surface area contributed by atoms with Crippen LogP contribution in [-0.2, 0) is 11.3 Å². The molecule has 0 atom stereocenters. The van der Waals surface area contributed by atoms with Crippen molar-refractivity contribution in [2.45, 2.75) is 39.4 Å². The van der Waals surface area contributed by atoms with Gasteiger partial charge in [-0.2, -0.15) is 13.2 Å². The molecule has 0 unspecified atom stereocenters. The van der Waals surface area contributed by atoms with Crippen molar-refractivity contribution in [1.82, 2.24) is 16.0 Å². The topological polar surface area (TPSA) is 74.8 Å². The molecule has 0 radical (unpaired) electrons. The van der Waals surface area contributed by atoms with Gasteiger partial charge in [0.2, 0.25) is 5.91 Å². The molecule has 1 rings (SSSR count). The van der Waals surface area contributed by atoms with Crippen molar-refractivity contribution >= 4 is 11.9 Å². The van der Waals surface area contributed by atoms with Crippen LogP contribution in [0.4, 0.5) is 13.2 Å². The number of carbonyl (C=O) groups is 1. The zero-order valence-corrected chi connectivity index (χ0v) is 15.7. The summed E-state index contributed by atoms with van der Waals surface area (Å²) in [7, 11) is 0. The molecule has 0 spiro atoms. The Hall–Kier alpha value is -2.45. The van der Waals surface area contributed by atoms with Gasteiger partial charge in [0.15, 0.2) is 12.6 Å². The molecule has 1 aromatic rings. The van der Waals surface area contributed by atoms with Crippen molar-refractivity contribution in [3.8, 4) is 5.75 Å². The van der Waals surface area contributed by atoms with Crippen LogP contribution in [0.1, 0.15) is 32.3 Å². The number of hydrogen-bond acceptors (Lipinski definition) is 3. The van der Waals surface area contributed by atoms with Crippen molar-refractivity contribution in [2.75, 3.05) is 26.2 Å². The summed E-state index contributed by atoms with van der Waals surface area (Å²) in [5.41, 5.74) is 0.826. The van der Waals surface area contributed by atoms with Gasteiger partial charge in [0.25, 0.3) is 0 Å². The van der Waals surface area contributed by atoms with Crippen molar-refractivity contribution in [1.29, 1.82) is 0 Å². The lowest BCUT2D eigenvalue weighted by Crippen LogP contribution is -2.39. The third kappa shape index (κ3) is 11.0. The smallest absolute Gasteiger partial charge is 0.422 e. The lowest BCUT2D eigenvalue weighted by atomic mass is 10.2. The van der Waals surface area contributed by atoms with Gasteiger partial charge in [0.05, 0.1) is 6.54 Å². The predicted molar refractivity (Wildman–Crippen MR) is 98.7 cm³/mol. The summed E-state index contributed by atoms with van der Waals surface area (Å²) < 4.78 is 41.1. The van der Waals surface area contributed by atoms with Crippen molar-refractivity contribution in [3.63, 3.8) is 0 Å². The Morgan fingerprint density at radius 3 is 2.37 bits per heavy atom. The van der Waals surface area contributed by atoms with Crippen LogP contribution in [0, 0.1) is 0 Å². The lowest BCUT2D eigenvalue weighted by Gasteiger charge is -2.12. The van der Waals surface area contributed by atoms with Gasteiger partial charge in [0.1, 0.15) is 5.75 Å². The second-order valence-electron chi connectivity index (χ2n) is 5.77. The van der Waals surface area contributed by atoms with E-state index in [0.717, 1.165) is 12.0 Å². The standard InChI is InChI=1S/C18H27F3N4O2/c1-3-10-23-16(26)9-11-24-17(22-4-2)25-12-14-5-7-15(8-6-14)27-13-18(19,20)21/h5-8H,3-4,9-13H2,1-2H3,(H,23,26)(H2,22,24,25). The average molecular weight is 388 g/mol. The minimum Gasteiger partial charge on any atom is -0.484 e. The fraction of sp³-hybridized carbons (Fsp3) is 0.556. The number of guanidine groups is 1. The first-order valence-electron chi connectivity index (χ1n) is 8.91. The van der Waals surface area contributed by atoms with E-state index in [-0.39, 0.29) is 11.7 Å². The first kappa shape index (κ1) is 22.6. The molecule has 0 bridgehead atoms. The molecule has 0 fully saturated rings. The fourth-order valence-corrected chi connectivity index (χ4v) is 2.02. The molecule has 0 saturated carbocycles. The summed E-state index contributed by atoms with van der Waals surface area (Å²) in [5.74, 6) is 0.705. The molecule has 0 aliphatic carbocycles. The molecule has 27 heavy (non-hydrogen) atoms. The van der Waals surface area contributed by atoms with E-state index in [9.17, 15) is 18.0 Å². The molecule has 0 heterocycles. The number of rotatable bonds is 10. The number of aliphatic imine (C=N–C) groups is 1. The number of halogens is 3. The van der Waals surface area contributed by atoms with Crippen LogP contribution in [0.5, 0.6) is 5.75 Å². The van der Waals surface area contributed by atoms with Crippen molar-refractivity contribution in [3.05, 3.63) is 29.8 Å². The molecule has 0 saturated heterocycles. The minimum absolute atomic E-state index is 0.0188. The lowest BCUT2D eigenvalue weighted by molar-refractivity contribution is -0.153. The Labute approximate surface area is 157 Å². The summed E-state index contributed by atoms with van der Waals surface area (Å²) in [6.07, 6.45) is -3.12. The maximum atomic E-state index is 12.1. The maximum absolute atomic E-state index is 12.1. The van der Waals surface area contributed by atoms with Crippen LogP contribution in [0.25, 0.3) is 0 Å². The van der Waals surface area contributed by atoms with E-state index in [2.05, 4.69) is 25.7 Å².